The summed E-state index contributed by atoms with van der Waals surface area (Å²) < 4.78 is 1.43. The molecule has 0 saturated heterocycles. The summed E-state index contributed by atoms with van der Waals surface area (Å²) in [5.74, 6) is -0.367. The van der Waals surface area contributed by atoms with Crippen molar-refractivity contribution in [3.8, 4) is 0 Å². The number of carbonyl (C=O) groups excluding carboxylic acids is 2. The van der Waals surface area contributed by atoms with Crippen LogP contribution in [0.3, 0.4) is 0 Å². The van der Waals surface area contributed by atoms with Crippen LogP contribution in [0.2, 0.25) is 0 Å². The maximum atomic E-state index is 12.4. The van der Waals surface area contributed by atoms with Crippen molar-refractivity contribution < 1.29 is 9.59 Å². The fourth-order valence-corrected chi connectivity index (χ4v) is 2.65. The second-order valence-corrected chi connectivity index (χ2v) is 7.22. The molecule has 2 rings (SSSR count). The van der Waals surface area contributed by atoms with E-state index in [0.717, 1.165) is 0 Å². The highest BCUT2D eigenvalue weighted by Crippen LogP contribution is 2.05. The standard InChI is InChI=1S/C19H26N4O3/c1-5-22(12-16(24)21-19(2,3)4)17(25)10-11-23-13-20-15-9-7-6-8-14(15)18(23)26/h6-9,13H,5,10-12H2,1-4H3,(H,21,24). The minimum Gasteiger partial charge on any atom is -0.350 e. The number of likely N-dealkylation sites (N-methyl/N-ethyl adjacent to an activating group) is 1. The van der Waals surface area contributed by atoms with Crippen molar-refractivity contribution in [1.29, 1.82) is 0 Å². The van der Waals surface area contributed by atoms with Crippen LogP contribution in [0.25, 0.3) is 10.9 Å². The smallest absolute Gasteiger partial charge is 0.261 e. The minimum absolute atomic E-state index is 0.0114. The fraction of sp³-hybridized carbons (Fsp3) is 0.474. The second kappa shape index (κ2) is 8.12. The number of hydrogen-bond acceptors (Lipinski definition) is 4. The maximum absolute atomic E-state index is 12.4. The van der Waals surface area contributed by atoms with E-state index in [-0.39, 0.29) is 42.4 Å². The first-order valence-corrected chi connectivity index (χ1v) is 8.74. The molecule has 0 radical (unpaired) electrons. The minimum atomic E-state index is -0.344. The highest BCUT2D eigenvalue weighted by molar-refractivity contribution is 5.85. The van der Waals surface area contributed by atoms with Gasteiger partial charge in [0, 0.05) is 25.0 Å². The molecule has 140 valence electrons. The van der Waals surface area contributed by atoms with E-state index in [2.05, 4.69) is 10.3 Å². The molecule has 7 nitrogen and oxygen atoms in total. The predicted octanol–water partition coefficient (Wildman–Crippen LogP) is 1.55. The molecule has 1 N–H and O–H groups in total. The highest BCUT2D eigenvalue weighted by atomic mass is 16.2. The van der Waals surface area contributed by atoms with E-state index >= 15 is 0 Å². The summed E-state index contributed by atoms with van der Waals surface area (Å²) in [7, 11) is 0. The van der Waals surface area contributed by atoms with Crippen LogP contribution in [0.4, 0.5) is 0 Å². The molecular formula is C19H26N4O3. The van der Waals surface area contributed by atoms with Crippen LogP contribution in [0, 0.1) is 0 Å². The maximum Gasteiger partial charge on any atom is 0.261 e. The molecule has 0 aliphatic heterocycles. The zero-order chi connectivity index (χ0) is 19.3. The summed E-state index contributed by atoms with van der Waals surface area (Å²) >= 11 is 0. The highest BCUT2D eigenvalue weighted by Gasteiger charge is 2.19. The molecule has 1 aromatic carbocycles. The van der Waals surface area contributed by atoms with Gasteiger partial charge in [0.15, 0.2) is 0 Å². The molecule has 0 spiro atoms. The van der Waals surface area contributed by atoms with Gasteiger partial charge in [0.1, 0.15) is 0 Å². The zero-order valence-electron chi connectivity index (χ0n) is 15.8. The van der Waals surface area contributed by atoms with Crippen molar-refractivity contribution in [1.82, 2.24) is 19.8 Å². The van der Waals surface area contributed by atoms with Crippen LogP contribution in [-0.2, 0) is 16.1 Å². The lowest BCUT2D eigenvalue weighted by atomic mass is 10.1. The van der Waals surface area contributed by atoms with Crippen LogP contribution >= 0.6 is 0 Å². The number of rotatable bonds is 6. The van der Waals surface area contributed by atoms with E-state index in [1.807, 2.05) is 33.8 Å². The zero-order valence-corrected chi connectivity index (χ0v) is 15.8. The molecule has 0 saturated carbocycles. The molecular weight excluding hydrogens is 332 g/mol. The molecule has 0 aliphatic rings. The Bertz CT molecular complexity index is 852. The number of nitrogens with one attached hydrogen (secondary N) is 1. The summed E-state index contributed by atoms with van der Waals surface area (Å²) in [4.78, 5) is 42.7. The molecule has 0 fully saturated rings. The van der Waals surface area contributed by atoms with Gasteiger partial charge in [-0.2, -0.15) is 0 Å². The quantitative estimate of drug-likeness (QED) is 0.849. The van der Waals surface area contributed by atoms with Gasteiger partial charge in [-0.05, 0) is 39.8 Å². The Balaban J connectivity index is 2.01. The lowest BCUT2D eigenvalue weighted by Crippen LogP contribution is -2.47. The number of benzene rings is 1. The number of fused-ring (bicyclic) bond motifs is 1. The van der Waals surface area contributed by atoms with Crippen LogP contribution in [-0.4, -0.2) is 44.9 Å². The lowest BCUT2D eigenvalue weighted by molar-refractivity contribution is -0.136. The summed E-state index contributed by atoms with van der Waals surface area (Å²) in [5, 5.41) is 3.37. The van der Waals surface area contributed by atoms with Gasteiger partial charge in [0.2, 0.25) is 11.8 Å². The first-order valence-electron chi connectivity index (χ1n) is 8.74. The monoisotopic (exact) mass is 358 g/mol. The van der Waals surface area contributed by atoms with Crippen molar-refractivity contribution in [2.75, 3.05) is 13.1 Å². The van der Waals surface area contributed by atoms with Gasteiger partial charge in [0.05, 0.1) is 23.8 Å². The predicted molar refractivity (Wildman–Crippen MR) is 101 cm³/mol. The molecule has 1 heterocycles. The largest absolute Gasteiger partial charge is 0.350 e. The molecule has 0 atom stereocenters. The Kier molecular flexibility index (Phi) is 6.13. The molecule has 7 heteroatoms. The number of nitrogens with zero attached hydrogens (tertiary/aromatic N) is 3. The fourth-order valence-electron chi connectivity index (χ4n) is 2.65. The second-order valence-electron chi connectivity index (χ2n) is 7.22. The van der Waals surface area contributed by atoms with Crippen molar-refractivity contribution in [3.63, 3.8) is 0 Å². The third-order valence-electron chi connectivity index (χ3n) is 3.88. The van der Waals surface area contributed by atoms with Crippen LogP contribution < -0.4 is 10.9 Å². The summed E-state index contributed by atoms with van der Waals surface area (Å²) in [6.07, 6.45) is 1.59. The average Bonchev–Trinajstić information content (AvgIpc) is 2.57. The van der Waals surface area contributed by atoms with Gasteiger partial charge >= 0.3 is 0 Å². The van der Waals surface area contributed by atoms with E-state index in [1.54, 1.807) is 18.2 Å². The molecule has 0 aliphatic carbocycles. The first-order chi connectivity index (χ1) is 12.2. The van der Waals surface area contributed by atoms with Crippen LogP contribution in [0.5, 0.6) is 0 Å². The number of amides is 2. The molecule has 0 unspecified atom stereocenters. The normalized spacial score (nSPS) is 11.4. The van der Waals surface area contributed by atoms with Gasteiger partial charge in [-0.3, -0.25) is 19.0 Å². The Labute approximate surface area is 153 Å². The van der Waals surface area contributed by atoms with Gasteiger partial charge in [0.25, 0.3) is 5.56 Å². The van der Waals surface area contributed by atoms with Crippen molar-refractivity contribution in [2.24, 2.45) is 0 Å². The Morgan fingerprint density at radius 1 is 1.23 bits per heavy atom. The summed E-state index contributed by atoms with van der Waals surface area (Å²) in [5.41, 5.74) is 0.120. The van der Waals surface area contributed by atoms with E-state index < -0.39 is 0 Å². The Hall–Kier alpha value is -2.70. The van der Waals surface area contributed by atoms with Crippen LogP contribution in [0.15, 0.2) is 35.4 Å². The Morgan fingerprint density at radius 2 is 1.92 bits per heavy atom. The molecule has 0 bridgehead atoms. The van der Waals surface area contributed by atoms with Gasteiger partial charge in [-0.1, -0.05) is 12.1 Å². The molecule has 2 amide bonds. The first kappa shape index (κ1) is 19.6. The molecule has 26 heavy (non-hydrogen) atoms. The van der Waals surface area contributed by atoms with Gasteiger partial charge in [-0.25, -0.2) is 4.98 Å². The average molecular weight is 358 g/mol. The topological polar surface area (TPSA) is 84.3 Å². The number of hydrogen-bond donors (Lipinski definition) is 1. The van der Waals surface area contributed by atoms with Crippen molar-refractivity contribution >= 4 is 22.7 Å². The number of carbonyl (C=O) groups is 2. The van der Waals surface area contributed by atoms with E-state index in [0.29, 0.717) is 17.4 Å². The molecule has 2 aromatic rings. The van der Waals surface area contributed by atoms with E-state index in [1.165, 1.54) is 15.8 Å². The summed E-state index contributed by atoms with van der Waals surface area (Å²) in [6.45, 7) is 8.17. The summed E-state index contributed by atoms with van der Waals surface area (Å²) in [6, 6.07) is 7.11. The van der Waals surface area contributed by atoms with E-state index in [9.17, 15) is 14.4 Å². The SMILES string of the molecule is CCN(CC(=O)NC(C)(C)C)C(=O)CCn1cnc2ccccc2c1=O. The number of aryl methyl sites for hydroxylation is 1. The third-order valence-corrected chi connectivity index (χ3v) is 3.88. The Morgan fingerprint density at radius 3 is 2.58 bits per heavy atom. The number of aromatic nitrogens is 2. The number of para-hydroxylation sites is 1. The van der Waals surface area contributed by atoms with E-state index in [4.69, 9.17) is 0 Å². The molecule has 1 aromatic heterocycles. The van der Waals surface area contributed by atoms with Crippen molar-refractivity contribution in [2.45, 2.75) is 46.2 Å². The van der Waals surface area contributed by atoms with Gasteiger partial charge < -0.3 is 10.2 Å². The third kappa shape index (κ3) is 5.15. The van der Waals surface area contributed by atoms with Crippen LogP contribution in [0.1, 0.15) is 34.1 Å². The van der Waals surface area contributed by atoms with Crippen molar-refractivity contribution in [3.05, 3.63) is 40.9 Å². The van der Waals surface area contributed by atoms with Gasteiger partial charge in [-0.15, -0.1) is 0 Å². The lowest BCUT2D eigenvalue weighted by Gasteiger charge is -2.25.